The van der Waals surface area contributed by atoms with Crippen LogP contribution in [0.4, 0.5) is 0 Å². The summed E-state index contributed by atoms with van der Waals surface area (Å²) in [6.07, 6.45) is -0.0214. The molecule has 1 N–H and O–H groups in total. The van der Waals surface area contributed by atoms with Crippen LogP contribution in [-0.2, 0) is 11.2 Å². The van der Waals surface area contributed by atoms with E-state index in [1.54, 1.807) is 32.9 Å². The highest BCUT2D eigenvalue weighted by molar-refractivity contribution is 6.03. The molecular weight excluding hydrogens is 318 g/mol. The minimum Gasteiger partial charge on any atom is -0.450 e. The second kappa shape index (κ2) is 7.47. The van der Waals surface area contributed by atoms with Crippen molar-refractivity contribution in [3.8, 4) is 0 Å². The molecule has 0 spiro atoms. The largest absolute Gasteiger partial charge is 0.450 e. The van der Waals surface area contributed by atoms with Gasteiger partial charge in [0.2, 0.25) is 5.78 Å². The Morgan fingerprint density at radius 1 is 1.12 bits per heavy atom. The SMILES string of the molecule is CCc1ccc(C(=O)C(C)OC(=O)c2[nH]c(C)c(C(C)=O)c2C)cc1. The first kappa shape index (κ1) is 18.6. The van der Waals surface area contributed by atoms with E-state index in [1.165, 1.54) is 6.92 Å². The Bertz CT molecular complexity index is 815. The van der Waals surface area contributed by atoms with Gasteiger partial charge in [0.05, 0.1) is 0 Å². The van der Waals surface area contributed by atoms with Crippen molar-refractivity contribution in [2.75, 3.05) is 0 Å². The lowest BCUT2D eigenvalue weighted by Crippen LogP contribution is -2.25. The van der Waals surface area contributed by atoms with Gasteiger partial charge in [0.25, 0.3) is 0 Å². The maximum Gasteiger partial charge on any atom is 0.355 e. The predicted molar refractivity (Wildman–Crippen MR) is 95.3 cm³/mol. The highest BCUT2D eigenvalue weighted by atomic mass is 16.5. The zero-order valence-corrected chi connectivity index (χ0v) is 15.2. The normalized spacial score (nSPS) is 11.9. The lowest BCUT2D eigenvalue weighted by Gasteiger charge is -2.12. The van der Waals surface area contributed by atoms with Crippen molar-refractivity contribution in [1.82, 2.24) is 4.98 Å². The van der Waals surface area contributed by atoms with Crippen molar-refractivity contribution in [1.29, 1.82) is 0 Å². The number of esters is 1. The molecule has 0 bridgehead atoms. The fourth-order valence-corrected chi connectivity index (χ4v) is 2.89. The van der Waals surface area contributed by atoms with E-state index in [4.69, 9.17) is 4.74 Å². The highest BCUT2D eigenvalue weighted by Gasteiger charge is 2.25. The number of Topliss-reactive ketones (excluding diaryl/α,β-unsaturated/α-hetero) is 2. The van der Waals surface area contributed by atoms with E-state index < -0.39 is 12.1 Å². The number of aryl methyl sites for hydroxylation is 2. The van der Waals surface area contributed by atoms with E-state index in [0.717, 1.165) is 12.0 Å². The molecule has 2 aromatic rings. The van der Waals surface area contributed by atoms with Crippen molar-refractivity contribution in [3.63, 3.8) is 0 Å². The maximum absolute atomic E-state index is 12.4. The number of ketones is 2. The number of rotatable bonds is 6. The Balaban J connectivity index is 2.15. The summed E-state index contributed by atoms with van der Waals surface area (Å²) in [7, 11) is 0. The van der Waals surface area contributed by atoms with E-state index in [2.05, 4.69) is 4.98 Å². The lowest BCUT2D eigenvalue weighted by molar-refractivity contribution is 0.0313. The van der Waals surface area contributed by atoms with E-state index in [0.29, 0.717) is 22.4 Å². The Hall–Kier alpha value is -2.69. The standard InChI is InChI=1S/C20H23NO4/c1-6-15-7-9-16(10-8-15)19(23)14(5)25-20(24)18-11(2)17(13(4)22)12(3)21-18/h7-10,14,21H,6H2,1-5H3. The molecule has 0 aliphatic heterocycles. The Morgan fingerprint density at radius 2 is 1.72 bits per heavy atom. The zero-order chi connectivity index (χ0) is 18.7. The van der Waals surface area contributed by atoms with Crippen molar-refractivity contribution >= 4 is 17.5 Å². The zero-order valence-electron chi connectivity index (χ0n) is 15.2. The molecule has 0 saturated heterocycles. The fourth-order valence-electron chi connectivity index (χ4n) is 2.89. The summed E-state index contributed by atoms with van der Waals surface area (Å²) in [5.41, 5.74) is 3.49. The van der Waals surface area contributed by atoms with Crippen molar-refractivity contribution in [2.24, 2.45) is 0 Å². The quantitative estimate of drug-likeness (QED) is 0.640. The number of hydrogen-bond acceptors (Lipinski definition) is 4. The maximum atomic E-state index is 12.4. The van der Waals surface area contributed by atoms with Crippen LogP contribution in [0.25, 0.3) is 0 Å². The van der Waals surface area contributed by atoms with Gasteiger partial charge in [-0.25, -0.2) is 4.79 Å². The van der Waals surface area contributed by atoms with Crippen molar-refractivity contribution in [3.05, 3.63) is 57.9 Å². The van der Waals surface area contributed by atoms with E-state index >= 15 is 0 Å². The monoisotopic (exact) mass is 341 g/mol. The summed E-state index contributed by atoms with van der Waals surface area (Å²) < 4.78 is 5.31. The van der Waals surface area contributed by atoms with Crippen molar-refractivity contribution in [2.45, 2.75) is 47.1 Å². The molecule has 5 nitrogen and oxygen atoms in total. The smallest absolute Gasteiger partial charge is 0.355 e. The number of hydrogen-bond donors (Lipinski definition) is 1. The second-order valence-corrected chi connectivity index (χ2v) is 6.14. The molecule has 0 aliphatic carbocycles. The molecule has 0 radical (unpaired) electrons. The number of carbonyl (C=O) groups is 3. The summed E-state index contributed by atoms with van der Waals surface area (Å²) in [6.45, 7) is 8.45. The summed E-state index contributed by atoms with van der Waals surface area (Å²) in [6, 6.07) is 7.26. The Kier molecular flexibility index (Phi) is 5.57. The van der Waals surface area contributed by atoms with E-state index in [9.17, 15) is 14.4 Å². The summed E-state index contributed by atoms with van der Waals surface area (Å²) in [5.74, 6) is -1.02. The molecule has 132 valence electrons. The molecule has 1 aromatic heterocycles. The first-order valence-electron chi connectivity index (χ1n) is 8.30. The topological polar surface area (TPSA) is 76.2 Å². The van der Waals surface area contributed by atoms with Gasteiger partial charge in [-0.05, 0) is 45.2 Å². The molecule has 0 amide bonds. The molecule has 0 saturated carbocycles. The first-order valence-corrected chi connectivity index (χ1v) is 8.30. The van der Waals surface area contributed by atoms with Crippen LogP contribution < -0.4 is 0 Å². The van der Waals surface area contributed by atoms with Gasteiger partial charge in [0.15, 0.2) is 11.9 Å². The minimum atomic E-state index is -0.913. The number of ether oxygens (including phenoxy) is 1. The average Bonchev–Trinajstić information content (AvgIpc) is 2.88. The summed E-state index contributed by atoms with van der Waals surface area (Å²) in [5, 5.41) is 0. The molecule has 2 rings (SSSR count). The van der Waals surface area contributed by atoms with E-state index in [1.807, 2.05) is 19.1 Å². The van der Waals surface area contributed by atoms with Crippen LogP contribution in [0, 0.1) is 13.8 Å². The number of nitrogens with one attached hydrogen (secondary N) is 1. The summed E-state index contributed by atoms with van der Waals surface area (Å²) in [4.78, 5) is 39.4. The molecule has 1 unspecified atom stereocenters. The third-order valence-electron chi connectivity index (χ3n) is 4.29. The predicted octanol–water partition coefficient (Wildman–Crippen LogP) is 3.82. The Morgan fingerprint density at radius 3 is 2.20 bits per heavy atom. The van der Waals surface area contributed by atoms with Gasteiger partial charge < -0.3 is 9.72 Å². The van der Waals surface area contributed by atoms with Crippen molar-refractivity contribution < 1.29 is 19.1 Å². The number of aromatic nitrogens is 1. The van der Waals surface area contributed by atoms with Crippen LogP contribution in [0.2, 0.25) is 0 Å². The van der Waals surface area contributed by atoms with E-state index in [-0.39, 0.29) is 17.3 Å². The fraction of sp³-hybridized carbons (Fsp3) is 0.350. The third kappa shape index (κ3) is 3.87. The molecule has 1 aromatic carbocycles. The van der Waals surface area contributed by atoms with Crippen LogP contribution in [0.5, 0.6) is 0 Å². The van der Waals surface area contributed by atoms with Gasteiger partial charge in [-0.2, -0.15) is 0 Å². The van der Waals surface area contributed by atoms with Crippen LogP contribution >= 0.6 is 0 Å². The van der Waals surface area contributed by atoms with Gasteiger partial charge in [0, 0.05) is 16.8 Å². The van der Waals surface area contributed by atoms with Crippen LogP contribution in [0.1, 0.15) is 68.8 Å². The third-order valence-corrected chi connectivity index (χ3v) is 4.29. The molecular formula is C20H23NO4. The van der Waals surface area contributed by atoms with Gasteiger partial charge in [-0.3, -0.25) is 9.59 Å². The summed E-state index contributed by atoms with van der Waals surface area (Å²) >= 11 is 0. The molecule has 1 heterocycles. The molecule has 0 aliphatic rings. The second-order valence-electron chi connectivity index (χ2n) is 6.14. The number of aromatic amines is 1. The van der Waals surface area contributed by atoms with Gasteiger partial charge in [0.1, 0.15) is 5.69 Å². The first-order chi connectivity index (χ1) is 11.8. The average molecular weight is 341 g/mol. The Labute approximate surface area is 147 Å². The number of carbonyl (C=O) groups excluding carboxylic acids is 3. The lowest BCUT2D eigenvalue weighted by atomic mass is 10.0. The van der Waals surface area contributed by atoms with Crippen LogP contribution in [-0.4, -0.2) is 28.6 Å². The van der Waals surface area contributed by atoms with Crippen LogP contribution in [0.3, 0.4) is 0 Å². The van der Waals surface area contributed by atoms with Crippen LogP contribution in [0.15, 0.2) is 24.3 Å². The van der Waals surface area contributed by atoms with Gasteiger partial charge in [-0.15, -0.1) is 0 Å². The molecule has 0 fully saturated rings. The minimum absolute atomic E-state index is 0.120. The number of H-pyrrole nitrogens is 1. The molecule has 25 heavy (non-hydrogen) atoms. The van der Waals surface area contributed by atoms with Gasteiger partial charge >= 0.3 is 5.97 Å². The van der Waals surface area contributed by atoms with Gasteiger partial charge in [-0.1, -0.05) is 31.2 Å². The number of benzene rings is 1. The highest BCUT2D eigenvalue weighted by Crippen LogP contribution is 2.20. The molecule has 1 atom stereocenters. The molecule has 5 heteroatoms.